The predicted octanol–water partition coefficient (Wildman–Crippen LogP) is 3.60. The zero-order chi connectivity index (χ0) is 12.7. The lowest BCUT2D eigenvalue weighted by molar-refractivity contribution is 0.448. The largest absolute Gasteiger partial charge is 0.467 e. The number of aromatic nitrogens is 3. The van der Waals surface area contributed by atoms with Crippen LogP contribution in [0.3, 0.4) is 0 Å². The van der Waals surface area contributed by atoms with E-state index in [-0.39, 0.29) is 6.04 Å². The van der Waals surface area contributed by atoms with E-state index >= 15 is 0 Å². The van der Waals surface area contributed by atoms with Gasteiger partial charge in [0.05, 0.1) is 17.8 Å². The molecule has 0 aromatic carbocycles. The lowest BCUT2D eigenvalue weighted by Crippen LogP contribution is -2.06. The van der Waals surface area contributed by atoms with Gasteiger partial charge in [0.25, 0.3) is 0 Å². The summed E-state index contributed by atoms with van der Waals surface area (Å²) in [5.74, 6) is 0.871. The zero-order valence-corrected chi connectivity index (χ0v) is 11.0. The lowest BCUT2D eigenvalue weighted by atomic mass is 10.2. The highest BCUT2D eigenvalue weighted by atomic mass is 32.1. The van der Waals surface area contributed by atoms with Gasteiger partial charge in [0.1, 0.15) is 5.76 Å². The molecule has 5 heteroatoms. The zero-order valence-electron chi connectivity index (χ0n) is 10.2. The number of H-pyrrole nitrogens is 1. The summed E-state index contributed by atoms with van der Waals surface area (Å²) >= 11 is 5.39. The maximum atomic E-state index is 5.44. The molecule has 18 heavy (non-hydrogen) atoms. The SMILES string of the molecule is Cc1ccnc2c1[nH]c(=S)n2C(C)c1ccco1. The van der Waals surface area contributed by atoms with Crippen LogP contribution in [0.25, 0.3) is 11.2 Å². The number of aryl methyl sites for hydroxylation is 1. The van der Waals surface area contributed by atoms with Crippen LogP contribution in [0.5, 0.6) is 0 Å². The van der Waals surface area contributed by atoms with Crippen molar-refractivity contribution in [1.82, 2.24) is 14.5 Å². The van der Waals surface area contributed by atoms with Crippen molar-refractivity contribution in [3.8, 4) is 0 Å². The number of pyridine rings is 1. The molecule has 1 unspecified atom stereocenters. The predicted molar refractivity (Wildman–Crippen MR) is 72.2 cm³/mol. The van der Waals surface area contributed by atoms with Crippen LogP contribution in [-0.4, -0.2) is 14.5 Å². The minimum Gasteiger partial charge on any atom is -0.467 e. The lowest BCUT2D eigenvalue weighted by Gasteiger charge is -2.11. The molecule has 3 rings (SSSR count). The van der Waals surface area contributed by atoms with Crippen molar-refractivity contribution in [3.63, 3.8) is 0 Å². The number of fused-ring (bicyclic) bond motifs is 1. The van der Waals surface area contributed by atoms with Crippen molar-refractivity contribution in [2.75, 3.05) is 0 Å². The van der Waals surface area contributed by atoms with Gasteiger partial charge in [-0.25, -0.2) is 4.98 Å². The Morgan fingerprint density at radius 3 is 3.00 bits per heavy atom. The molecular weight excluding hydrogens is 246 g/mol. The Balaban J connectivity index is 2.26. The van der Waals surface area contributed by atoms with E-state index in [1.807, 2.05) is 36.6 Å². The summed E-state index contributed by atoms with van der Waals surface area (Å²) in [5, 5.41) is 0. The van der Waals surface area contributed by atoms with E-state index in [2.05, 4.69) is 9.97 Å². The number of hydrogen-bond acceptors (Lipinski definition) is 3. The molecule has 0 spiro atoms. The van der Waals surface area contributed by atoms with Crippen molar-refractivity contribution in [2.24, 2.45) is 0 Å². The molecule has 1 N–H and O–H groups in total. The van der Waals surface area contributed by atoms with Crippen LogP contribution in [0.4, 0.5) is 0 Å². The fraction of sp³-hybridized carbons (Fsp3) is 0.231. The molecule has 3 aromatic heterocycles. The smallest absolute Gasteiger partial charge is 0.179 e. The van der Waals surface area contributed by atoms with Gasteiger partial charge < -0.3 is 9.40 Å². The third-order valence-electron chi connectivity index (χ3n) is 3.16. The highest BCUT2D eigenvalue weighted by Crippen LogP contribution is 2.24. The second kappa shape index (κ2) is 4.10. The van der Waals surface area contributed by atoms with E-state index in [1.54, 1.807) is 12.5 Å². The first kappa shape index (κ1) is 11.2. The topological polar surface area (TPSA) is 46.8 Å². The molecule has 0 aliphatic carbocycles. The Kier molecular flexibility index (Phi) is 2.56. The summed E-state index contributed by atoms with van der Waals surface area (Å²) < 4.78 is 8.09. The Labute approximate surface area is 109 Å². The van der Waals surface area contributed by atoms with Gasteiger partial charge in [-0.1, -0.05) is 0 Å². The summed E-state index contributed by atoms with van der Waals surface area (Å²) in [7, 11) is 0. The van der Waals surface area contributed by atoms with Crippen molar-refractivity contribution < 1.29 is 4.42 Å². The third kappa shape index (κ3) is 1.59. The van der Waals surface area contributed by atoms with Gasteiger partial charge in [0.15, 0.2) is 10.4 Å². The molecule has 0 radical (unpaired) electrons. The van der Waals surface area contributed by atoms with Crippen LogP contribution in [0.15, 0.2) is 35.1 Å². The molecule has 92 valence electrons. The van der Waals surface area contributed by atoms with Gasteiger partial charge >= 0.3 is 0 Å². The minimum atomic E-state index is 0.0237. The van der Waals surface area contributed by atoms with Gasteiger partial charge in [-0.15, -0.1) is 0 Å². The van der Waals surface area contributed by atoms with Gasteiger partial charge in [-0.2, -0.15) is 0 Å². The third-order valence-corrected chi connectivity index (χ3v) is 3.46. The molecular formula is C13H13N3OS. The van der Waals surface area contributed by atoms with E-state index in [1.165, 1.54) is 0 Å². The standard InChI is InChI=1S/C13H13N3OS/c1-8-5-6-14-12-11(8)15-13(18)16(12)9(2)10-4-3-7-17-10/h3-7,9H,1-2H3,(H,15,18). The first-order valence-electron chi connectivity index (χ1n) is 5.77. The molecule has 0 aliphatic rings. The molecule has 4 nitrogen and oxygen atoms in total. The van der Waals surface area contributed by atoms with Crippen LogP contribution in [0.2, 0.25) is 0 Å². The number of nitrogens with one attached hydrogen (secondary N) is 1. The molecule has 1 atom stereocenters. The summed E-state index contributed by atoms with van der Waals surface area (Å²) in [5.41, 5.74) is 2.99. The fourth-order valence-corrected chi connectivity index (χ4v) is 2.51. The van der Waals surface area contributed by atoms with Gasteiger partial charge in [-0.05, 0) is 49.8 Å². The molecule has 0 fully saturated rings. The summed E-state index contributed by atoms with van der Waals surface area (Å²) in [6.45, 7) is 4.09. The van der Waals surface area contributed by atoms with Crippen LogP contribution < -0.4 is 0 Å². The fourth-order valence-electron chi connectivity index (χ4n) is 2.16. The highest BCUT2D eigenvalue weighted by Gasteiger charge is 2.16. The van der Waals surface area contributed by atoms with Crippen LogP contribution in [0.1, 0.15) is 24.3 Å². The van der Waals surface area contributed by atoms with Gasteiger partial charge in [-0.3, -0.25) is 4.57 Å². The van der Waals surface area contributed by atoms with Crippen LogP contribution >= 0.6 is 12.2 Å². The second-order valence-electron chi connectivity index (χ2n) is 4.32. The minimum absolute atomic E-state index is 0.0237. The molecule has 3 heterocycles. The van der Waals surface area contributed by atoms with Crippen molar-refractivity contribution >= 4 is 23.4 Å². The van der Waals surface area contributed by atoms with Crippen LogP contribution in [-0.2, 0) is 0 Å². The summed E-state index contributed by atoms with van der Waals surface area (Å²) in [6.07, 6.45) is 3.47. The van der Waals surface area contributed by atoms with E-state index in [9.17, 15) is 0 Å². The Morgan fingerprint density at radius 2 is 2.28 bits per heavy atom. The average molecular weight is 259 g/mol. The molecule has 0 saturated heterocycles. The van der Waals surface area contributed by atoms with Crippen molar-refractivity contribution in [1.29, 1.82) is 0 Å². The molecule has 3 aromatic rings. The van der Waals surface area contributed by atoms with Crippen molar-refractivity contribution in [2.45, 2.75) is 19.9 Å². The maximum absolute atomic E-state index is 5.44. The molecule has 0 aliphatic heterocycles. The number of furan rings is 1. The first-order valence-corrected chi connectivity index (χ1v) is 6.18. The van der Waals surface area contributed by atoms with E-state index < -0.39 is 0 Å². The van der Waals surface area contributed by atoms with E-state index in [4.69, 9.17) is 16.6 Å². The second-order valence-corrected chi connectivity index (χ2v) is 4.70. The monoisotopic (exact) mass is 259 g/mol. The van der Waals surface area contributed by atoms with E-state index in [0.29, 0.717) is 4.77 Å². The van der Waals surface area contributed by atoms with Gasteiger partial charge in [0, 0.05) is 6.20 Å². The van der Waals surface area contributed by atoms with E-state index in [0.717, 1.165) is 22.5 Å². The Hall–Kier alpha value is -1.88. The highest BCUT2D eigenvalue weighted by molar-refractivity contribution is 7.71. The number of aromatic amines is 1. The Morgan fingerprint density at radius 1 is 1.44 bits per heavy atom. The number of nitrogens with zero attached hydrogens (tertiary/aromatic N) is 2. The quantitative estimate of drug-likeness (QED) is 0.715. The van der Waals surface area contributed by atoms with Crippen LogP contribution in [0, 0.1) is 11.7 Å². The molecule has 0 bridgehead atoms. The number of rotatable bonds is 2. The first-order chi connectivity index (χ1) is 8.68. The summed E-state index contributed by atoms with van der Waals surface area (Å²) in [6, 6.07) is 5.81. The normalized spacial score (nSPS) is 13.0. The molecule has 0 amide bonds. The maximum Gasteiger partial charge on any atom is 0.179 e. The average Bonchev–Trinajstić information content (AvgIpc) is 2.96. The molecule has 0 saturated carbocycles. The summed E-state index contributed by atoms with van der Waals surface area (Å²) in [4.78, 5) is 7.63. The van der Waals surface area contributed by atoms with Crippen molar-refractivity contribution in [3.05, 3.63) is 46.8 Å². The number of hydrogen-bond donors (Lipinski definition) is 1. The van der Waals surface area contributed by atoms with Gasteiger partial charge in [0.2, 0.25) is 0 Å². The Bertz CT molecular complexity index is 739. The number of imidazole rings is 1.